The van der Waals surface area contributed by atoms with Gasteiger partial charge in [-0.05, 0) is 44.4 Å². The first-order valence-electron chi connectivity index (χ1n) is 11.4. The number of rotatable bonds is 4. The van der Waals surface area contributed by atoms with Crippen molar-refractivity contribution in [2.45, 2.75) is 32.2 Å². The molecule has 0 radical (unpaired) electrons. The number of carbonyl (C=O) groups excluding carboxylic acids is 1. The van der Waals surface area contributed by atoms with Gasteiger partial charge in [0.25, 0.3) is 0 Å². The quantitative estimate of drug-likeness (QED) is 0.752. The van der Waals surface area contributed by atoms with Crippen LogP contribution >= 0.6 is 0 Å². The topological polar surface area (TPSA) is 66.7 Å². The lowest BCUT2D eigenvalue weighted by molar-refractivity contribution is -0.00294. The standard InChI is InChI=1S/C23H32N6O2/c1-3-31-22(30)29-16-23(17-29)8-6-18(15-23)27-11-13-28(14-12-27)21-19(5-4-9-24-21)20-7-10-26(2)25-20/h4-5,7,9-10,18H,3,6,8,11-17H2,1-2H3/t18-/m1/s1. The second-order valence-corrected chi connectivity index (χ2v) is 9.22. The van der Waals surface area contributed by atoms with E-state index in [4.69, 9.17) is 9.72 Å². The first kappa shape index (κ1) is 20.3. The average Bonchev–Trinajstić information content (AvgIpc) is 3.40. The summed E-state index contributed by atoms with van der Waals surface area (Å²) in [6.07, 6.45) is 7.36. The molecule has 2 aromatic heterocycles. The number of aromatic nitrogens is 3. The first-order chi connectivity index (χ1) is 15.1. The van der Waals surface area contributed by atoms with Gasteiger partial charge in [0, 0.05) is 75.7 Å². The van der Waals surface area contributed by atoms with Crippen LogP contribution in [0.2, 0.25) is 0 Å². The van der Waals surface area contributed by atoms with Gasteiger partial charge in [0.15, 0.2) is 0 Å². The molecule has 2 aliphatic heterocycles. The summed E-state index contributed by atoms with van der Waals surface area (Å²) in [5.74, 6) is 1.04. The number of anilines is 1. The Bertz CT molecular complexity index is 930. The molecule has 4 heterocycles. The van der Waals surface area contributed by atoms with E-state index >= 15 is 0 Å². The molecule has 166 valence electrons. The van der Waals surface area contributed by atoms with E-state index in [1.54, 1.807) is 0 Å². The minimum atomic E-state index is -0.149. The smallest absolute Gasteiger partial charge is 0.409 e. The van der Waals surface area contributed by atoms with Crippen molar-refractivity contribution in [1.29, 1.82) is 0 Å². The molecule has 1 saturated carbocycles. The van der Waals surface area contributed by atoms with E-state index in [1.807, 2.05) is 48.1 Å². The second kappa shape index (κ2) is 8.15. The maximum Gasteiger partial charge on any atom is 0.409 e. The number of aryl methyl sites for hydroxylation is 1. The number of ether oxygens (including phenoxy) is 1. The maximum atomic E-state index is 11.9. The number of hydrogen-bond donors (Lipinski definition) is 0. The van der Waals surface area contributed by atoms with Crippen molar-refractivity contribution < 1.29 is 9.53 Å². The SMILES string of the molecule is CCOC(=O)N1CC2(CC[C@@H](N3CCN(c4ncccc4-c4ccn(C)n4)CC3)C2)C1. The van der Waals surface area contributed by atoms with E-state index in [0.29, 0.717) is 18.1 Å². The molecule has 2 saturated heterocycles. The fraction of sp³-hybridized carbons (Fsp3) is 0.609. The van der Waals surface area contributed by atoms with Crippen LogP contribution in [0.25, 0.3) is 11.3 Å². The Labute approximate surface area is 183 Å². The first-order valence-corrected chi connectivity index (χ1v) is 11.4. The summed E-state index contributed by atoms with van der Waals surface area (Å²) < 4.78 is 6.98. The van der Waals surface area contributed by atoms with E-state index in [1.165, 1.54) is 19.3 Å². The Morgan fingerprint density at radius 3 is 2.74 bits per heavy atom. The zero-order valence-corrected chi connectivity index (χ0v) is 18.5. The van der Waals surface area contributed by atoms with Gasteiger partial charge in [0.2, 0.25) is 0 Å². The molecule has 3 aliphatic rings. The summed E-state index contributed by atoms with van der Waals surface area (Å²) in [5.41, 5.74) is 2.40. The molecule has 31 heavy (non-hydrogen) atoms. The second-order valence-electron chi connectivity index (χ2n) is 9.22. The van der Waals surface area contributed by atoms with Crippen LogP contribution in [0, 0.1) is 5.41 Å². The summed E-state index contributed by atoms with van der Waals surface area (Å²) in [7, 11) is 1.95. The highest BCUT2D eigenvalue weighted by Gasteiger charge is 2.51. The normalized spacial score (nSPS) is 23.2. The predicted molar refractivity (Wildman–Crippen MR) is 119 cm³/mol. The van der Waals surface area contributed by atoms with Gasteiger partial charge in [0.1, 0.15) is 5.82 Å². The van der Waals surface area contributed by atoms with Crippen molar-refractivity contribution in [1.82, 2.24) is 24.6 Å². The van der Waals surface area contributed by atoms with Crippen molar-refractivity contribution in [2.24, 2.45) is 12.5 Å². The van der Waals surface area contributed by atoms with Gasteiger partial charge in [-0.3, -0.25) is 9.58 Å². The van der Waals surface area contributed by atoms with Gasteiger partial charge >= 0.3 is 6.09 Å². The summed E-state index contributed by atoms with van der Waals surface area (Å²) in [6.45, 7) is 8.12. The van der Waals surface area contributed by atoms with E-state index in [0.717, 1.165) is 56.3 Å². The number of carbonyl (C=O) groups is 1. The predicted octanol–water partition coefficient (Wildman–Crippen LogP) is 2.62. The third kappa shape index (κ3) is 3.89. The van der Waals surface area contributed by atoms with Gasteiger partial charge in [-0.2, -0.15) is 5.10 Å². The van der Waals surface area contributed by atoms with Gasteiger partial charge in [0.05, 0.1) is 12.3 Å². The van der Waals surface area contributed by atoms with E-state index in [9.17, 15) is 4.79 Å². The van der Waals surface area contributed by atoms with Crippen LogP contribution in [0.3, 0.4) is 0 Å². The molecule has 8 heteroatoms. The monoisotopic (exact) mass is 424 g/mol. The summed E-state index contributed by atoms with van der Waals surface area (Å²) in [4.78, 5) is 23.6. The van der Waals surface area contributed by atoms with Crippen LogP contribution in [-0.4, -0.2) is 82.6 Å². The zero-order valence-electron chi connectivity index (χ0n) is 18.5. The number of nitrogens with zero attached hydrogens (tertiary/aromatic N) is 6. The molecule has 0 aromatic carbocycles. The molecule has 1 atom stereocenters. The Kier molecular flexibility index (Phi) is 5.33. The molecule has 1 aliphatic carbocycles. The Balaban J connectivity index is 1.18. The van der Waals surface area contributed by atoms with Crippen molar-refractivity contribution in [2.75, 3.05) is 50.8 Å². The molecule has 0 unspecified atom stereocenters. The fourth-order valence-corrected chi connectivity index (χ4v) is 5.59. The van der Waals surface area contributed by atoms with E-state index < -0.39 is 0 Å². The van der Waals surface area contributed by atoms with Crippen molar-refractivity contribution >= 4 is 11.9 Å². The molecule has 1 amide bonds. The highest BCUT2D eigenvalue weighted by Crippen LogP contribution is 2.47. The van der Waals surface area contributed by atoms with Gasteiger partial charge < -0.3 is 14.5 Å². The molecular formula is C23H32N6O2. The van der Waals surface area contributed by atoms with Crippen molar-refractivity contribution in [3.63, 3.8) is 0 Å². The molecule has 0 bridgehead atoms. The Morgan fingerprint density at radius 2 is 2.03 bits per heavy atom. The third-order valence-electron chi connectivity index (χ3n) is 7.16. The van der Waals surface area contributed by atoms with Crippen LogP contribution in [-0.2, 0) is 11.8 Å². The van der Waals surface area contributed by atoms with E-state index in [2.05, 4.69) is 21.0 Å². The van der Waals surface area contributed by atoms with Crippen molar-refractivity contribution in [3.05, 3.63) is 30.6 Å². The highest BCUT2D eigenvalue weighted by atomic mass is 16.6. The van der Waals surface area contributed by atoms with Crippen LogP contribution in [0.15, 0.2) is 30.6 Å². The summed E-state index contributed by atoms with van der Waals surface area (Å²) in [5, 5.41) is 4.58. The fourth-order valence-electron chi connectivity index (χ4n) is 5.59. The molecule has 0 N–H and O–H groups in total. The molecule has 1 spiro atoms. The minimum absolute atomic E-state index is 0.149. The van der Waals surface area contributed by atoms with Gasteiger partial charge in [-0.25, -0.2) is 9.78 Å². The van der Waals surface area contributed by atoms with Gasteiger partial charge in [-0.1, -0.05) is 0 Å². The number of amides is 1. The largest absolute Gasteiger partial charge is 0.450 e. The molecular weight excluding hydrogens is 392 g/mol. The number of pyridine rings is 1. The molecule has 2 aromatic rings. The number of likely N-dealkylation sites (tertiary alicyclic amines) is 1. The zero-order chi connectivity index (χ0) is 21.4. The number of piperazine rings is 1. The van der Waals surface area contributed by atoms with Crippen LogP contribution in [0.5, 0.6) is 0 Å². The summed E-state index contributed by atoms with van der Waals surface area (Å²) in [6, 6.07) is 6.78. The Morgan fingerprint density at radius 1 is 1.23 bits per heavy atom. The molecule has 5 rings (SSSR count). The number of hydrogen-bond acceptors (Lipinski definition) is 6. The third-order valence-corrected chi connectivity index (χ3v) is 7.16. The van der Waals surface area contributed by atoms with Crippen LogP contribution in [0.1, 0.15) is 26.2 Å². The van der Waals surface area contributed by atoms with Gasteiger partial charge in [-0.15, -0.1) is 0 Å². The Hall–Kier alpha value is -2.61. The maximum absolute atomic E-state index is 11.9. The minimum Gasteiger partial charge on any atom is -0.450 e. The lowest BCUT2D eigenvalue weighted by Crippen LogP contribution is -2.58. The molecule has 8 nitrogen and oxygen atoms in total. The highest BCUT2D eigenvalue weighted by molar-refractivity contribution is 5.73. The van der Waals surface area contributed by atoms with Crippen LogP contribution < -0.4 is 4.90 Å². The average molecular weight is 425 g/mol. The molecule has 3 fully saturated rings. The van der Waals surface area contributed by atoms with Crippen LogP contribution in [0.4, 0.5) is 10.6 Å². The summed E-state index contributed by atoms with van der Waals surface area (Å²) >= 11 is 0. The van der Waals surface area contributed by atoms with E-state index in [-0.39, 0.29) is 6.09 Å². The lowest BCUT2D eigenvalue weighted by Gasteiger charge is -2.48. The van der Waals surface area contributed by atoms with Crippen molar-refractivity contribution in [3.8, 4) is 11.3 Å². The lowest BCUT2D eigenvalue weighted by atomic mass is 9.78.